The molecule has 0 bridgehead atoms. The van der Waals surface area contributed by atoms with Crippen molar-refractivity contribution in [2.75, 3.05) is 6.61 Å². The molecular weight excluding hydrogens is 202 g/mol. The van der Waals surface area contributed by atoms with E-state index >= 15 is 0 Å². The van der Waals surface area contributed by atoms with Crippen LogP contribution in [0.25, 0.3) is 0 Å². The molecule has 0 radical (unpaired) electrons. The topological polar surface area (TPSA) is 69.2 Å². The van der Waals surface area contributed by atoms with Crippen LogP contribution in [-0.4, -0.2) is 18.0 Å². The SMILES string of the molecule is CCOC1=NC(C#N)(C#N)CC=C1C(C)C. The van der Waals surface area contributed by atoms with Gasteiger partial charge in [0.2, 0.25) is 11.4 Å². The summed E-state index contributed by atoms with van der Waals surface area (Å²) >= 11 is 0. The Kier molecular flexibility index (Phi) is 3.68. The van der Waals surface area contributed by atoms with Gasteiger partial charge in [0.05, 0.1) is 6.61 Å². The van der Waals surface area contributed by atoms with E-state index in [1.165, 1.54) is 0 Å². The third-order valence-corrected chi connectivity index (χ3v) is 2.43. The van der Waals surface area contributed by atoms with Gasteiger partial charge in [-0.15, -0.1) is 0 Å². The zero-order valence-electron chi connectivity index (χ0n) is 9.82. The molecule has 0 aromatic carbocycles. The van der Waals surface area contributed by atoms with Gasteiger partial charge in [0, 0.05) is 12.0 Å². The highest BCUT2D eigenvalue weighted by molar-refractivity contribution is 5.95. The quantitative estimate of drug-likeness (QED) is 0.711. The van der Waals surface area contributed by atoms with E-state index in [0.717, 1.165) is 5.57 Å². The molecule has 16 heavy (non-hydrogen) atoms. The lowest BCUT2D eigenvalue weighted by molar-refractivity contribution is 0.318. The Hall–Kier alpha value is -1.81. The Morgan fingerprint density at radius 1 is 1.50 bits per heavy atom. The normalized spacial score (nSPS) is 18.1. The highest BCUT2D eigenvalue weighted by atomic mass is 16.5. The van der Waals surface area contributed by atoms with Crippen molar-refractivity contribution in [3.05, 3.63) is 11.6 Å². The smallest absolute Gasteiger partial charge is 0.238 e. The maximum Gasteiger partial charge on any atom is 0.238 e. The zero-order chi connectivity index (χ0) is 12.2. The summed E-state index contributed by atoms with van der Waals surface area (Å²) in [5, 5.41) is 18.0. The minimum Gasteiger partial charge on any atom is -0.478 e. The summed E-state index contributed by atoms with van der Waals surface area (Å²) in [6.45, 7) is 6.41. The molecule has 1 rings (SSSR count). The van der Waals surface area contributed by atoms with Crippen molar-refractivity contribution < 1.29 is 4.74 Å². The van der Waals surface area contributed by atoms with Gasteiger partial charge in [-0.2, -0.15) is 10.5 Å². The number of hydrogen-bond acceptors (Lipinski definition) is 4. The van der Waals surface area contributed by atoms with Crippen molar-refractivity contribution in [1.82, 2.24) is 0 Å². The van der Waals surface area contributed by atoms with Crippen LogP contribution < -0.4 is 0 Å². The first-order chi connectivity index (χ1) is 7.58. The molecule has 0 saturated heterocycles. The molecule has 0 aromatic rings. The number of nitriles is 2. The predicted molar refractivity (Wildman–Crippen MR) is 60.6 cm³/mol. The van der Waals surface area contributed by atoms with Gasteiger partial charge in [-0.1, -0.05) is 19.9 Å². The lowest BCUT2D eigenvalue weighted by atomic mass is 9.91. The predicted octanol–water partition coefficient (Wildman–Crippen LogP) is 2.19. The van der Waals surface area contributed by atoms with Crippen molar-refractivity contribution in [3.8, 4) is 12.1 Å². The van der Waals surface area contributed by atoms with Crippen LogP contribution in [0.5, 0.6) is 0 Å². The molecule has 0 aromatic heterocycles. The zero-order valence-corrected chi connectivity index (χ0v) is 9.82. The highest BCUT2D eigenvalue weighted by Crippen LogP contribution is 2.27. The molecule has 1 heterocycles. The van der Waals surface area contributed by atoms with Gasteiger partial charge < -0.3 is 4.74 Å². The van der Waals surface area contributed by atoms with Crippen molar-refractivity contribution in [3.63, 3.8) is 0 Å². The average Bonchev–Trinajstić information content (AvgIpc) is 2.29. The van der Waals surface area contributed by atoms with Crippen LogP contribution in [0.15, 0.2) is 16.6 Å². The van der Waals surface area contributed by atoms with Gasteiger partial charge >= 0.3 is 0 Å². The van der Waals surface area contributed by atoms with Gasteiger partial charge in [0.25, 0.3) is 0 Å². The van der Waals surface area contributed by atoms with E-state index in [1.807, 2.05) is 39.0 Å². The van der Waals surface area contributed by atoms with Crippen LogP contribution in [0.4, 0.5) is 0 Å². The van der Waals surface area contributed by atoms with Gasteiger partial charge in [-0.05, 0) is 12.8 Å². The molecular formula is C12H15N3O. The van der Waals surface area contributed by atoms with E-state index in [2.05, 4.69) is 4.99 Å². The largest absolute Gasteiger partial charge is 0.478 e. The fraction of sp³-hybridized carbons (Fsp3) is 0.583. The van der Waals surface area contributed by atoms with E-state index in [-0.39, 0.29) is 5.92 Å². The molecule has 4 heteroatoms. The molecule has 1 aliphatic heterocycles. The molecule has 0 atom stereocenters. The van der Waals surface area contributed by atoms with Gasteiger partial charge in [0.1, 0.15) is 12.1 Å². The number of rotatable bonds is 2. The Labute approximate surface area is 95.9 Å². The van der Waals surface area contributed by atoms with Gasteiger partial charge in [-0.3, -0.25) is 0 Å². The fourth-order valence-corrected chi connectivity index (χ4v) is 1.53. The monoisotopic (exact) mass is 217 g/mol. The molecule has 0 amide bonds. The Bertz CT molecular complexity index is 393. The second-order valence-corrected chi connectivity index (χ2v) is 3.95. The van der Waals surface area contributed by atoms with Gasteiger partial charge in [-0.25, -0.2) is 4.99 Å². The first kappa shape index (κ1) is 12.3. The molecule has 0 aliphatic carbocycles. The standard InChI is InChI=1S/C12H15N3O/c1-4-16-11-10(9(2)3)5-6-12(7-13,8-14)15-11/h5,9H,4,6H2,1-3H3. The third-order valence-electron chi connectivity index (χ3n) is 2.43. The summed E-state index contributed by atoms with van der Waals surface area (Å²) in [5.41, 5.74) is -0.328. The van der Waals surface area contributed by atoms with Crippen molar-refractivity contribution in [2.45, 2.75) is 32.7 Å². The van der Waals surface area contributed by atoms with E-state index in [4.69, 9.17) is 15.3 Å². The number of nitrogens with zero attached hydrogens (tertiary/aromatic N) is 3. The number of aliphatic imine (C=N–C) groups is 1. The molecule has 0 fully saturated rings. The van der Waals surface area contributed by atoms with Crippen LogP contribution >= 0.6 is 0 Å². The van der Waals surface area contributed by atoms with Crippen LogP contribution in [-0.2, 0) is 4.74 Å². The summed E-state index contributed by atoms with van der Waals surface area (Å²) in [6.07, 6.45) is 2.22. The molecule has 0 saturated carbocycles. The van der Waals surface area contributed by atoms with Crippen LogP contribution in [0, 0.1) is 28.6 Å². The maximum absolute atomic E-state index is 8.99. The third kappa shape index (κ3) is 2.23. The van der Waals surface area contributed by atoms with E-state index in [1.54, 1.807) is 0 Å². The average molecular weight is 217 g/mol. The second kappa shape index (κ2) is 4.81. The fourth-order valence-electron chi connectivity index (χ4n) is 1.53. The number of hydrogen-bond donors (Lipinski definition) is 0. The van der Waals surface area contributed by atoms with E-state index in [9.17, 15) is 0 Å². The summed E-state index contributed by atoms with van der Waals surface area (Å²) < 4.78 is 5.40. The maximum atomic E-state index is 8.99. The summed E-state index contributed by atoms with van der Waals surface area (Å²) in [7, 11) is 0. The van der Waals surface area contributed by atoms with E-state index < -0.39 is 5.54 Å². The highest BCUT2D eigenvalue weighted by Gasteiger charge is 2.34. The molecule has 0 spiro atoms. The van der Waals surface area contributed by atoms with Crippen molar-refractivity contribution >= 4 is 5.90 Å². The van der Waals surface area contributed by atoms with Crippen LogP contribution in [0.1, 0.15) is 27.2 Å². The van der Waals surface area contributed by atoms with Crippen LogP contribution in [0.2, 0.25) is 0 Å². The lowest BCUT2D eigenvalue weighted by Crippen LogP contribution is -2.30. The summed E-state index contributed by atoms with van der Waals surface area (Å²) in [5.74, 6) is 0.715. The van der Waals surface area contributed by atoms with Crippen molar-refractivity contribution in [2.24, 2.45) is 10.9 Å². The molecule has 1 aliphatic rings. The Morgan fingerprint density at radius 2 is 2.12 bits per heavy atom. The Morgan fingerprint density at radius 3 is 2.56 bits per heavy atom. The van der Waals surface area contributed by atoms with Crippen molar-refractivity contribution in [1.29, 1.82) is 10.5 Å². The minimum absolute atomic E-state index is 0.278. The summed E-state index contributed by atoms with van der Waals surface area (Å²) in [4.78, 5) is 4.15. The second-order valence-electron chi connectivity index (χ2n) is 3.95. The first-order valence-corrected chi connectivity index (χ1v) is 5.34. The number of dihydropyridines is 1. The molecule has 84 valence electrons. The van der Waals surface area contributed by atoms with Gasteiger partial charge in [0.15, 0.2) is 0 Å². The Balaban J connectivity index is 3.10. The lowest BCUT2D eigenvalue weighted by Gasteiger charge is -2.23. The van der Waals surface area contributed by atoms with E-state index in [0.29, 0.717) is 18.9 Å². The van der Waals surface area contributed by atoms with Crippen LogP contribution in [0.3, 0.4) is 0 Å². The molecule has 0 unspecified atom stereocenters. The number of ether oxygens (including phenoxy) is 1. The molecule has 4 nitrogen and oxygen atoms in total. The minimum atomic E-state index is -1.30. The first-order valence-electron chi connectivity index (χ1n) is 5.34. The summed E-state index contributed by atoms with van der Waals surface area (Å²) in [6, 6.07) is 3.88. The molecule has 0 N–H and O–H groups in total.